The monoisotopic (exact) mass is 369 g/mol. The maximum atomic E-state index is 13.9. The van der Waals surface area contributed by atoms with Gasteiger partial charge in [-0.1, -0.05) is 0 Å². The van der Waals surface area contributed by atoms with Crippen LogP contribution >= 0.6 is 0 Å². The molecule has 1 aliphatic rings. The van der Waals surface area contributed by atoms with Gasteiger partial charge >= 0.3 is 0 Å². The first-order valence-electron chi connectivity index (χ1n) is 7.77. The van der Waals surface area contributed by atoms with Gasteiger partial charge in [0.2, 0.25) is 10.0 Å². The Hall–Kier alpha value is -2.26. The van der Waals surface area contributed by atoms with Crippen LogP contribution in [0.4, 0.5) is 8.78 Å². The first kappa shape index (κ1) is 17.6. The Bertz CT molecular complexity index is 869. The zero-order chi connectivity index (χ0) is 18.0. The summed E-state index contributed by atoms with van der Waals surface area (Å²) in [5.41, 5.74) is 0.501. The summed E-state index contributed by atoms with van der Waals surface area (Å²) in [6.45, 7) is 0.819. The molecule has 1 amide bonds. The van der Waals surface area contributed by atoms with Crippen molar-refractivity contribution in [2.75, 3.05) is 26.2 Å². The van der Waals surface area contributed by atoms with E-state index >= 15 is 0 Å². The summed E-state index contributed by atoms with van der Waals surface area (Å²) in [5.74, 6) is -2.14. The number of halogens is 2. The Labute approximate surface area is 144 Å². The molecular weight excluding hydrogens is 352 g/mol. The first-order chi connectivity index (χ1) is 11.9. The summed E-state index contributed by atoms with van der Waals surface area (Å²) in [6, 6.07) is 4.03. The number of hydrogen-bond donors (Lipinski definition) is 1. The summed E-state index contributed by atoms with van der Waals surface area (Å²) in [5, 5.41) is 0. The predicted octanol–water partition coefficient (Wildman–Crippen LogP) is 1.83. The number of hydrogen-bond acceptors (Lipinski definition) is 3. The Balaban J connectivity index is 1.77. The minimum atomic E-state index is -4.09. The summed E-state index contributed by atoms with van der Waals surface area (Å²) in [6.07, 6.45) is 3.65. The highest BCUT2D eigenvalue weighted by Crippen LogP contribution is 2.22. The van der Waals surface area contributed by atoms with E-state index in [4.69, 9.17) is 0 Å². The third kappa shape index (κ3) is 3.57. The van der Waals surface area contributed by atoms with E-state index in [0.717, 1.165) is 16.4 Å². The Kier molecular flexibility index (Phi) is 4.87. The standard InChI is InChI=1S/C16H17F2N3O3S/c17-13-2-3-15(14(18)10-13)25(23,24)21-7-1-6-20(8-9-21)16(22)12-4-5-19-11-12/h2-5,10-11,19H,1,6-9H2. The number of aromatic amines is 1. The van der Waals surface area contributed by atoms with Gasteiger partial charge in [-0.2, -0.15) is 4.31 Å². The van der Waals surface area contributed by atoms with E-state index in [2.05, 4.69) is 4.98 Å². The molecule has 1 aliphatic heterocycles. The van der Waals surface area contributed by atoms with Crippen molar-refractivity contribution < 1.29 is 22.0 Å². The average molecular weight is 369 g/mol. The highest BCUT2D eigenvalue weighted by atomic mass is 32.2. The second-order valence-electron chi connectivity index (χ2n) is 5.72. The van der Waals surface area contributed by atoms with Crippen LogP contribution in [0.3, 0.4) is 0 Å². The van der Waals surface area contributed by atoms with Crippen molar-refractivity contribution in [3.63, 3.8) is 0 Å². The highest BCUT2D eigenvalue weighted by Gasteiger charge is 2.30. The molecule has 25 heavy (non-hydrogen) atoms. The molecule has 2 heterocycles. The predicted molar refractivity (Wildman–Crippen MR) is 86.4 cm³/mol. The number of nitrogens with zero attached hydrogens (tertiary/aromatic N) is 2. The largest absolute Gasteiger partial charge is 0.367 e. The van der Waals surface area contributed by atoms with Crippen molar-refractivity contribution in [3.05, 3.63) is 53.9 Å². The topological polar surface area (TPSA) is 73.5 Å². The number of carbonyl (C=O) groups excluding carboxylic acids is 1. The van der Waals surface area contributed by atoms with Gasteiger partial charge in [-0.15, -0.1) is 0 Å². The highest BCUT2D eigenvalue weighted by molar-refractivity contribution is 7.89. The molecule has 6 nitrogen and oxygen atoms in total. The lowest BCUT2D eigenvalue weighted by Gasteiger charge is -2.22. The van der Waals surface area contributed by atoms with Gasteiger partial charge in [0, 0.05) is 44.6 Å². The van der Waals surface area contributed by atoms with E-state index < -0.39 is 26.6 Å². The normalized spacial score (nSPS) is 16.6. The fraction of sp³-hybridized carbons (Fsp3) is 0.312. The maximum absolute atomic E-state index is 13.9. The molecule has 3 rings (SSSR count). The molecule has 0 bridgehead atoms. The molecule has 0 saturated carbocycles. The van der Waals surface area contributed by atoms with E-state index in [1.54, 1.807) is 23.4 Å². The van der Waals surface area contributed by atoms with Gasteiger partial charge < -0.3 is 9.88 Å². The molecule has 0 radical (unpaired) electrons. The lowest BCUT2D eigenvalue weighted by molar-refractivity contribution is 0.0764. The number of amides is 1. The lowest BCUT2D eigenvalue weighted by Crippen LogP contribution is -2.37. The van der Waals surface area contributed by atoms with Gasteiger partial charge in [-0.05, 0) is 24.6 Å². The van der Waals surface area contributed by atoms with Crippen LogP contribution in [-0.2, 0) is 10.0 Å². The SMILES string of the molecule is O=C(c1cc[nH]c1)N1CCCN(S(=O)(=O)c2ccc(F)cc2F)CC1. The van der Waals surface area contributed by atoms with Crippen LogP contribution in [0, 0.1) is 11.6 Å². The van der Waals surface area contributed by atoms with Gasteiger partial charge in [0.25, 0.3) is 5.91 Å². The van der Waals surface area contributed by atoms with Crippen LogP contribution in [-0.4, -0.2) is 54.7 Å². The number of nitrogens with one attached hydrogen (secondary N) is 1. The molecule has 9 heteroatoms. The molecular formula is C16H17F2N3O3S. The molecule has 1 aromatic heterocycles. The maximum Gasteiger partial charge on any atom is 0.255 e. The van der Waals surface area contributed by atoms with Crippen molar-refractivity contribution in [1.82, 2.24) is 14.2 Å². The van der Waals surface area contributed by atoms with E-state index in [9.17, 15) is 22.0 Å². The molecule has 1 fully saturated rings. The summed E-state index contributed by atoms with van der Waals surface area (Å²) >= 11 is 0. The van der Waals surface area contributed by atoms with Crippen LogP contribution in [0.5, 0.6) is 0 Å². The molecule has 2 aromatic rings. The third-order valence-corrected chi connectivity index (χ3v) is 6.03. The lowest BCUT2D eigenvalue weighted by atomic mass is 10.3. The smallest absolute Gasteiger partial charge is 0.255 e. The van der Waals surface area contributed by atoms with Crippen molar-refractivity contribution >= 4 is 15.9 Å². The Morgan fingerprint density at radius 3 is 2.56 bits per heavy atom. The Morgan fingerprint density at radius 2 is 1.88 bits per heavy atom. The number of H-pyrrole nitrogens is 1. The van der Waals surface area contributed by atoms with Crippen LogP contribution in [0.1, 0.15) is 16.8 Å². The molecule has 0 aliphatic carbocycles. The van der Waals surface area contributed by atoms with Gasteiger partial charge in [0.15, 0.2) is 0 Å². The van der Waals surface area contributed by atoms with Gasteiger partial charge in [0.1, 0.15) is 16.5 Å². The first-order valence-corrected chi connectivity index (χ1v) is 9.21. The van der Waals surface area contributed by atoms with Crippen LogP contribution in [0.25, 0.3) is 0 Å². The molecule has 1 aromatic carbocycles. The van der Waals surface area contributed by atoms with Crippen LogP contribution in [0.15, 0.2) is 41.6 Å². The second-order valence-corrected chi connectivity index (χ2v) is 7.63. The minimum Gasteiger partial charge on any atom is -0.367 e. The zero-order valence-corrected chi connectivity index (χ0v) is 14.1. The zero-order valence-electron chi connectivity index (χ0n) is 13.3. The fourth-order valence-electron chi connectivity index (χ4n) is 2.80. The van der Waals surface area contributed by atoms with Crippen LogP contribution < -0.4 is 0 Å². The summed E-state index contributed by atoms with van der Waals surface area (Å²) < 4.78 is 53.3. The van der Waals surface area contributed by atoms with E-state index in [1.807, 2.05) is 0 Å². The van der Waals surface area contributed by atoms with Crippen molar-refractivity contribution in [1.29, 1.82) is 0 Å². The van der Waals surface area contributed by atoms with E-state index in [-0.39, 0.29) is 25.5 Å². The minimum absolute atomic E-state index is 0.0509. The number of rotatable bonds is 3. The molecule has 0 atom stereocenters. The summed E-state index contributed by atoms with van der Waals surface area (Å²) in [7, 11) is -4.09. The number of aromatic nitrogens is 1. The molecule has 134 valence electrons. The molecule has 1 saturated heterocycles. The third-order valence-electron chi connectivity index (χ3n) is 4.10. The molecule has 0 unspecified atom stereocenters. The van der Waals surface area contributed by atoms with Crippen molar-refractivity contribution in [2.45, 2.75) is 11.3 Å². The number of benzene rings is 1. The second kappa shape index (κ2) is 6.93. The summed E-state index contributed by atoms with van der Waals surface area (Å²) in [4.78, 5) is 16.2. The Morgan fingerprint density at radius 1 is 1.08 bits per heavy atom. The van der Waals surface area contributed by atoms with Gasteiger partial charge in [-0.3, -0.25) is 4.79 Å². The van der Waals surface area contributed by atoms with Gasteiger partial charge in [0.05, 0.1) is 5.56 Å². The van der Waals surface area contributed by atoms with Crippen molar-refractivity contribution in [3.8, 4) is 0 Å². The number of carbonyl (C=O) groups is 1. The quantitative estimate of drug-likeness (QED) is 0.897. The molecule has 1 N–H and O–H groups in total. The van der Waals surface area contributed by atoms with Gasteiger partial charge in [-0.25, -0.2) is 17.2 Å². The average Bonchev–Trinajstić information content (AvgIpc) is 2.97. The fourth-order valence-corrected chi connectivity index (χ4v) is 4.32. The van der Waals surface area contributed by atoms with E-state index in [1.165, 1.54) is 0 Å². The number of sulfonamides is 1. The van der Waals surface area contributed by atoms with Crippen LogP contribution in [0.2, 0.25) is 0 Å². The van der Waals surface area contributed by atoms with Crippen molar-refractivity contribution in [2.24, 2.45) is 0 Å². The van der Waals surface area contributed by atoms with E-state index in [0.29, 0.717) is 24.6 Å². The molecule has 0 spiro atoms.